The van der Waals surface area contributed by atoms with E-state index in [9.17, 15) is 0 Å². The molecule has 0 atom stereocenters. The van der Waals surface area contributed by atoms with Gasteiger partial charge in [-0.1, -0.05) is 22.0 Å². The lowest BCUT2D eigenvalue weighted by Gasteiger charge is -2.49. The first-order valence-electron chi connectivity index (χ1n) is 6.47. The van der Waals surface area contributed by atoms with E-state index < -0.39 is 0 Å². The summed E-state index contributed by atoms with van der Waals surface area (Å²) in [5.74, 6) is 1.06. The van der Waals surface area contributed by atoms with Crippen LogP contribution in [0.1, 0.15) is 24.8 Å². The Hall–Kier alpha value is -0.610. The molecule has 100 valence electrons. The van der Waals surface area contributed by atoms with Crippen molar-refractivity contribution in [2.75, 3.05) is 32.6 Å². The van der Waals surface area contributed by atoms with Gasteiger partial charge in [-0.3, -0.25) is 0 Å². The first kappa shape index (κ1) is 13.8. The first-order valence-corrected chi connectivity index (χ1v) is 7.59. The molecule has 1 aliphatic carbocycles. The molecule has 0 amide bonds. The lowest BCUT2D eigenvalue weighted by molar-refractivity contribution is 0.0682. The summed E-state index contributed by atoms with van der Waals surface area (Å²) in [6.07, 6.45) is 5.89. The molecule has 0 radical (unpaired) electrons. The average molecular weight is 312 g/mol. The maximum atomic E-state index is 4.53. The number of aromatic nitrogens is 1. The van der Waals surface area contributed by atoms with Gasteiger partial charge in [-0.05, 0) is 45.0 Å². The summed E-state index contributed by atoms with van der Waals surface area (Å²) in [6.45, 7) is 1.06. The van der Waals surface area contributed by atoms with Gasteiger partial charge < -0.3 is 9.80 Å². The van der Waals surface area contributed by atoms with Gasteiger partial charge >= 0.3 is 0 Å². The van der Waals surface area contributed by atoms with E-state index in [0.717, 1.165) is 17.7 Å². The maximum Gasteiger partial charge on any atom is 0.128 e. The summed E-state index contributed by atoms with van der Waals surface area (Å²) in [6, 6.07) is 4.25. The van der Waals surface area contributed by atoms with Crippen LogP contribution in [-0.2, 0) is 5.33 Å². The van der Waals surface area contributed by atoms with Crippen molar-refractivity contribution in [1.82, 2.24) is 9.88 Å². The van der Waals surface area contributed by atoms with Gasteiger partial charge in [0, 0.05) is 30.7 Å². The van der Waals surface area contributed by atoms with E-state index in [1.807, 2.05) is 6.20 Å². The summed E-state index contributed by atoms with van der Waals surface area (Å²) in [5.41, 5.74) is 1.57. The van der Waals surface area contributed by atoms with Gasteiger partial charge in [-0.15, -0.1) is 0 Å². The van der Waals surface area contributed by atoms with E-state index in [1.165, 1.54) is 24.8 Å². The van der Waals surface area contributed by atoms with Gasteiger partial charge in [-0.2, -0.15) is 0 Å². The van der Waals surface area contributed by atoms with E-state index in [1.54, 1.807) is 0 Å². The molecule has 18 heavy (non-hydrogen) atoms. The lowest BCUT2D eigenvalue weighted by Crippen LogP contribution is -2.56. The van der Waals surface area contributed by atoms with Crippen molar-refractivity contribution < 1.29 is 0 Å². The second-order valence-corrected chi connectivity index (χ2v) is 6.05. The van der Waals surface area contributed by atoms with Crippen LogP contribution in [0.25, 0.3) is 0 Å². The molecule has 0 spiro atoms. The molecule has 0 bridgehead atoms. The summed E-state index contributed by atoms with van der Waals surface area (Å²) in [4.78, 5) is 9.18. The Morgan fingerprint density at radius 3 is 2.39 bits per heavy atom. The van der Waals surface area contributed by atoms with Crippen molar-refractivity contribution in [3.63, 3.8) is 0 Å². The van der Waals surface area contributed by atoms with Gasteiger partial charge in [0.1, 0.15) is 5.82 Å². The fourth-order valence-electron chi connectivity index (χ4n) is 2.58. The second-order valence-electron chi connectivity index (χ2n) is 5.49. The minimum absolute atomic E-state index is 0.352. The number of pyridine rings is 1. The molecule has 1 aliphatic rings. The number of alkyl halides is 1. The number of likely N-dealkylation sites (N-methyl/N-ethyl adjacent to an activating group) is 2. The zero-order valence-electron chi connectivity index (χ0n) is 11.5. The number of hydrogen-bond acceptors (Lipinski definition) is 3. The highest BCUT2D eigenvalue weighted by Crippen LogP contribution is 2.37. The van der Waals surface area contributed by atoms with Crippen LogP contribution in [0.4, 0.5) is 5.82 Å². The van der Waals surface area contributed by atoms with Crippen LogP contribution in [0.15, 0.2) is 18.3 Å². The molecule has 1 saturated carbocycles. The predicted molar refractivity (Wildman–Crippen MR) is 80.4 cm³/mol. The third-order valence-corrected chi connectivity index (χ3v) is 4.77. The Bertz CT molecular complexity index is 385. The summed E-state index contributed by atoms with van der Waals surface area (Å²) < 4.78 is 0. The molecule has 0 unspecified atom stereocenters. The molecule has 0 aliphatic heterocycles. The zero-order valence-corrected chi connectivity index (χ0v) is 13.1. The van der Waals surface area contributed by atoms with Crippen LogP contribution in [0, 0.1) is 0 Å². The molecule has 4 heteroatoms. The summed E-state index contributed by atoms with van der Waals surface area (Å²) in [7, 11) is 6.52. The normalized spacial score (nSPS) is 17.6. The molecule has 0 N–H and O–H groups in total. The highest BCUT2D eigenvalue weighted by Gasteiger charge is 2.40. The Labute approximate surface area is 118 Å². The van der Waals surface area contributed by atoms with Gasteiger partial charge in [0.25, 0.3) is 0 Å². The van der Waals surface area contributed by atoms with Crippen LogP contribution in [0.5, 0.6) is 0 Å². The van der Waals surface area contributed by atoms with Crippen molar-refractivity contribution in [3.8, 4) is 0 Å². The monoisotopic (exact) mass is 311 g/mol. The van der Waals surface area contributed by atoms with Crippen molar-refractivity contribution in [2.45, 2.75) is 30.1 Å². The fourth-order valence-corrected chi connectivity index (χ4v) is 2.91. The minimum atomic E-state index is 0.352. The van der Waals surface area contributed by atoms with E-state index in [2.05, 4.69) is 64.0 Å². The zero-order chi connectivity index (χ0) is 13.2. The highest BCUT2D eigenvalue weighted by molar-refractivity contribution is 9.08. The van der Waals surface area contributed by atoms with E-state index in [4.69, 9.17) is 0 Å². The molecule has 1 aromatic heterocycles. The van der Waals surface area contributed by atoms with E-state index >= 15 is 0 Å². The van der Waals surface area contributed by atoms with Crippen molar-refractivity contribution in [3.05, 3.63) is 23.9 Å². The quantitative estimate of drug-likeness (QED) is 0.779. The maximum absolute atomic E-state index is 4.53. The van der Waals surface area contributed by atoms with Gasteiger partial charge in [0.2, 0.25) is 0 Å². The SMILES string of the molecule is CN(CC1(N(C)C)CCC1)c1ccc(CBr)cn1. The number of halogens is 1. The number of nitrogens with zero attached hydrogens (tertiary/aromatic N) is 3. The van der Waals surface area contributed by atoms with Crippen LogP contribution in [0.3, 0.4) is 0 Å². The van der Waals surface area contributed by atoms with Crippen molar-refractivity contribution >= 4 is 21.7 Å². The standard InChI is InChI=1S/C14H22BrN3/c1-17(2)14(7-4-8-14)11-18(3)13-6-5-12(9-15)10-16-13/h5-6,10H,4,7-9,11H2,1-3H3. The third kappa shape index (κ3) is 2.69. The van der Waals surface area contributed by atoms with Crippen molar-refractivity contribution in [2.24, 2.45) is 0 Å². The number of anilines is 1. The van der Waals surface area contributed by atoms with Gasteiger partial charge in [0.05, 0.1) is 0 Å². The summed E-state index contributed by atoms with van der Waals surface area (Å²) in [5, 5.41) is 0.867. The van der Waals surface area contributed by atoms with Crippen LogP contribution < -0.4 is 4.90 Å². The highest BCUT2D eigenvalue weighted by atomic mass is 79.9. The lowest BCUT2D eigenvalue weighted by atomic mass is 9.75. The minimum Gasteiger partial charge on any atom is -0.358 e. The second kappa shape index (κ2) is 5.57. The largest absolute Gasteiger partial charge is 0.358 e. The van der Waals surface area contributed by atoms with Gasteiger partial charge in [-0.25, -0.2) is 4.98 Å². The Morgan fingerprint density at radius 1 is 1.28 bits per heavy atom. The molecule has 1 heterocycles. The molecular formula is C14H22BrN3. The Kier molecular flexibility index (Phi) is 4.28. The van der Waals surface area contributed by atoms with E-state index in [0.29, 0.717) is 5.54 Å². The Morgan fingerprint density at radius 2 is 2.00 bits per heavy atom. The van der Waals surface area contributed by atoms with Gasteiger partial charge in [0.15, 0.2) is 0 Å². The Balaban J connectivity index is 2.04. The molecule has 3 nitrogen and oxygen atoms in total. The smallest absolute Gasteiger partial charge is 0.128 e. The van der Waals surface area contributed by atoms with E-state index in [-0.39, 0.29) is 0 Å². The fraction of sp³-hybridized carbons (Fsp3) is 0.643. The molecular weight excluding hydrogens is 290 g/mol. The third-order valence-electron chi connectivity index (χ3n) is 4.12. The summed E-state index contributed by atoms with van der Waals surface area (Å²) >= 11 is 3.45. The molecule has 1 aromatic rings. The molecule has 2 rings (SSSR count). The number of hydrogen-bond donors (Lipinski definition) is 0. The molecule has 1 fully saturated rings. The van der Waals surface area contributed by atoms with Crippen LogP contribution in [0.2, 0.25) is 0 Å². The van der Waals surface area contributed by atoms with Crippen LogP contribution >= 0.6 is 15.9 Å². The van der Waals surface area contributed by atoms with Crippen LogP contribution in [-0.4, -0.2) is 43.1 Å². The average Bonchev–Trinajstić information content (AvgIpc) is 2.33. The first-order chi connectivity index (χ1) is 8.57. The molecule has 0 saturated heterocycles. The van der Waals surface area contributed by atoms with Crippen molar-refractivity contribution in [1.29, 1.82) is 0 Å². The topological polar surface area (TPSA) is 19.4 Å². The predicted octanol–water partition coefficient (Wildman–Crippen LogP) is 2.90. The number of rotatable bonds is 5. The molecule has 0 aromatic carbocycles.